The number of halogens is 3. The molecule has 0 aliphatic heterocycles. The van der Waals surface area contributed by atoms with Gasteiger partial charge in [-0.25, -0.2) is 0 Å². The predicted octanol–water partition coefficient (Wildman–Crippen LogP) is 7.40. The zero-order chi connectivity index (χ0) is 29.6. The van der Waals surface area contributed by atoms with E-state index in [1.54, 1.807) is 12.3 Å². The lowest BCUT2D eigenvalue weighted by Gasteiger charge is -2.28. The van der Waals surface area contributed by atoms with Crippen LogP contribution in [-0.2, 0) is 28.8 Å². The van der Waals surface area contributed by atoms with E-state index >= 15 is 0 Å². The van der Waals surface area contributed by atoms with Gasteiger partial charge in [0, 0.05) is 17.0 Å². The molecule has 1 heterocycles. The molecule has 9 heteroatoms. The van der Waals surface area contributed by atoms with Crippen molar-refractivity contribution >= 4 is 23.5 Å². The van der Waals surface area contributed by atoms with Crippen LogP contribution in [0.5, 0.6) is 0 Å². The Hall–Kier alpha value is -3.48. The highest BCUT2D eigenvalue weighted by atomic mass is 32.2. The van der Waals surface area contributed by atoms with Crippen LogP contribution in [0.15, 0.2) is 76.2 Å². The number of thioether (sulfide) groups is 1. The molecule has 0 aliphatic carbocycles. The number of esters is 1. The minimum Gasteiger partial charge on any atom is -0.468 e. The fourth-order valence-corrected chi connectivity index (χ4v) is 4.58. The first kappa shape index (κ1) is 31.1. The monoisotopic (exact) mass is 571 g/mol. The van der Waals surface area contributed by atoms with Gasteiger partial charge >= 0.3 is 12.1 Å². The highest BCUT2D eigenvalue weighted by Crippen LogP contribution is 2.35. The minimum absolute atomic E-state index is 0.109. The second kappa shape index (κ2) is 12.8. The first-order valence-corrected chi connectivity index (χ1v) is 13.4. The molecule has 0 atom stereocenters. The molecule has 0 radical (unpaired) electrons. The fraction of sp³-hybridized carbons (Fsp3) is 0.355. The molecule has 2 aromatic carbocycles. The molecule has 212 valence electrons. The van der Waals surface area contributed by atoms with Crippen LogP contribution in [0, 0.1) is 11.8 Å². The highest BCUT2D eigenvalue weighted by molar-refractivity contribution is 8.01. The number of alkyl halides is 3. The summed E-state index contributed by atoms with van der Waals surface area (Å²) in [4.78, 5) is 27.9. The zero-order valence-electron chi connectivity index (χ0n) is 23.1. The third-order valence-electron chi connectivity index (χ3n) is 5.51. The molecule has 0 aliphatic rings. The van der Waals surface area contributed by atoms with Crippen LogP contribution in [0.3, 0.4) is 0 Å². The quantitative estimate of drug-likeness (QED) is 0.0877. The van der Waals surface area contributed by atoms with Crippen molar-refractivity contribution in [1.29, 1.82) is 0 Å². The number of Topliss-reactive ketones (excluding diaryl/α,β-unsaturated/α-hetero) is 1. The first-order chi connectivity index (χ1) is 18.6. The third kappa shape index (κ3) is 9.61. The van der Waals surface area contributed by atoms with Crippen molar-refractivity contribution in [2.45, 2.75) is 69.1 Å². The van der Waals surface area contributed by atoms with E-state index in [1.807, 2.05) is 69.9 Å². The summed E-state index contributed by atoms with van der Waals surface area (Å²) >= 11 is 1.41. The Morgan fingerprint density at radius 2 is 1.65 bits per heavy atom. The van der Waals surface area contributed by atoms with Crippen LogP contribution in [0.1, 0.15) is 61.9 Å². The zero-order valence-corrected chi connectivity index (χ0v) is 23.9. The van der Waals surface area contributed by atoms with Crippen LogP contribution in [0.25, 0.3) is 0 Å². The van der Waals surface area contributed by atoms with E-state index in [-0.39, 0.29) is 18.1 Å². The molecule has 0 unspecified atom stereocenters. The number of nitrogens with zero attached hydrogens (tertiary/aromatic N) is 1. The van der Waals surface area contributed by atoms with Gasteiger partial charge in [0.25, 0.3) is 0 Å². The standard InChI is InChI=1S/C31H32F3NO4S/c1-29(2,3)39-28(37)30(4,5)40-26-15-13-22(14-16-26)20-35(21-25-11-8-18-38-25)17-7-12-27(36)23-9-6-10-24(19-23)31(32,33)34/h6,8-11,13-16,18-19H,17,20-21H2,1-5H3. The molecule has 0 saturated heterocycles. The van der Waals surface area contributed by atoms with Gasteiger partial charge in [0.2, 0.25) is 5.78 Å². The average Bonchev–Trinajstić information content (AvgIpc) is 3.36. The molecule has 3 rings (SSSR count). The Labute approximate surface area is 237 Å². The van der Waals surface area contributed by atoms with E-state index in [4.69, 9.17) is 9.15 Å². The highest BCUT2D eigenvalue weighted by Gasteiger charge is 2.34. The predicted molar refractivity (Wildman–Crippen MR) is 149 cm³/mol. The Bertz CT molecular complexity index is 1360. The van der Waals surface area contributed by atoms with E-state index in [0.717, 1.165) is 22.6 Å². The smallest absolute Gasteiger partial charge is 0.416 e. The number of hydrogen-bond acceptors (Lipinski definition) is 6. The lowest BCUT2D eigenvalue weighted by molar-refractivity contribution is -0.156. The van der Waals surface area contributed by atoms with Crippen molar-refractivity contribution < 1.29 is 31.9 Å². The Kier molecular flexibility index (Phi) is 9.93. The molecule has 0 amide bonds. The summed E-state index contributed by atoms with van der Waals surface area (Å²) in [5.74, 6) is 4.98. The second-order valence-corrected chi connectivity index (χ2v) is 12.4. The number of ketones is 1. The summed E-state index contributed by atoms with van der Waals surface area (Å²) in [6, 6.07) is 15.6. The maximum atomic E-state index is 13.0. The summed E-state index contributed by atoms with van der Waals surface area (Å²) in [5.41, 5.74) is -0.605. The van der Waals surface area contributed by atoms with Crippen LogP contribution in [0.2, 0.25) is 0 Å². The fourth-order valence-electron chi connectivity index (χ4n) is 3.59. The lowest BCUT2D eigenvalue weighted by Crippen LogP contribution is -2.36. The molecular weight excluding hydrogens is 539 g/mol. The molecule has 0 saturated carbocycles. The Balaban J connectivity index is 1.69. The van der Waals surface area contributed by atoms with E-state index in [2.05, 4.69) is 11.8 Å². The van der Waals surface area contributed by atoms with Gasteiger partial charge in [0.15, 0.2) is 0 Å². The lowest BCUT2D eigenvalue weighted by atomic mass is 10.1. The van der Waals surface area contributed by atoms with E-state index in [1.165, 1.54) is 23.9 Å². The van der Waals surface area contributed by atoms with Gasteiger partial charge in [-0.05, 0) is 82.5 Å². The number of carbonyl (C=O) groups is 2. The number of rotatable bonds is 9. The Morgan fingerprint density at radius 3 is 2.25 bits per heavy atom. The third-order valence-corrected chi connectivity index (χ3v) is 6.69. The molecular formula is C31H32F3NO4S. The normalized spacial score (nSPS) is 12.1. The van der Waals surface area contributed by atoms with Crippen molar-refractivity contribution in [3.8, 4) is 11.8 Å². The van der Waals surface area contributed by atoms with E-state index in [9.17, 15) is 22.8 Å². The van der Waals surface area contributed by atoms with Gasteiger partial charge in [-0.2, -0.15) is 13.2 Å². The second-order valence-electron chi connectivity index (χ2n) is 10.7. The van der Waals surface area contributed by atoms with Gasteiger partial charge in [-0.3, -0.25) is 14.5 Å². The molecule has 1 aromatic heterocycles. The number of furan rings is 1. The van der Waals surface area contributed by atoms with Gasteiger partial charge < -0.3 is 9.15 Å². The number of ether oxygens (including phenoxy) is 1. The summed E-state index contributed by atoms with van der Waals surface area (Å²) in [7, 11) is 0. The van der Waals surface area contributed by atoms with Gasteiger partial charge in [-0.1, -0.05) is 30.2 Å². The van der Waals surface area contributed by atoms with Crippen LogP contribution in [-0.4, -0.2) is 33.5 Å². The van der Waals surface area contributed by atoms with Crippen LogP contribution < -0.4 is 0 Å². The summed E-state index contributed by atoms with van der Waals surface area (Å²) in [6.07, 6.45) is -2.97. The molecule has 0 N–H and O–H groups in total. The topological polar surface area (TPSA) is 59.8 Å². The number of carbonyl (C=O) groups excluding carboxylic acids is 2. The SMILES string of the molecule is CC(C)(C)OC(=O)C(C)(C)Sc1ccc(CN(CC#CC(=O)c2cccc(C(F)(F)F)c2)Cc2ccco2)cc1. The molecule has 0 fully saturated rings. The largest absolute Gasteiger partial charge is 0.468 e. The van der Waals surface area contributed by atoms with Crippen molar-refractivity contribution in [2.24, 2.45) is 0 Å². The molecule has 0 bridgehead atoms. The number of benzene rings is 2. The number of hydrogen-bond donors (Lipinski definition) is 0. The summed E-state index contributed by atoms with van der Waals surface area (Å²) in [6.45, 7) is 10.2. The Morgan fingerprint density at radius 1 is 0.950 bits per heavy atom. The average molecular weight is 572 g/mol. The van der Waals surface area contributed by atoms with Crippen molar-refractivity contribution in [3.63, 3.8) is 0 Å². The van der Waals surface area contributed by atoms with Crippen molar-refractivity contribution in [1.82, 2.24) is 4.90 Å². The summed E-state index contributed by atoms with van der Waals surface area (Å²) in [5, 5.41) is 0. The minimum atomic E-state index is -4.54. The summed E-state index contributed by atoms with van der Waals surface area (Å²) < 4.78 is 49.2. The molecule has 5 nitrogen and oxygen atoms in total. The van der Waals surface area contributed by atoms with Gasteiger partial charge in [0.05, 0.1) is 24.9 Å². The first-order valence-electron chi connectivity index (χ1n) is 12.6. The van der Waals surface area contributed by atoms with Crippen LogP contribution in [0.4, 0.5) is 13.2 Å². The van der Waals surface area contributed by atoms with Gasteiger partial charge in [-0.15, -0.1) is 11.8 Å². The van der Waals surface area contributed by atoms with Crippen LogP contribution >= 0.6 is 11.8 Å². The molecule has 40 heavy (non-hydrogen) atoms. The van der Waals surface area contributed by atoms with E-state index < -0.39 is 27.9 Å². The van der Waals surface area contributed by atoms with Crippen molar-refractivity contribution in [3.05, 3.63) is 89.4 Å². The maximum absolute atomic E-state index is 13.0. The molecule has 0 spiro atoms. The van der Waals surface area contributed by atoms with Gasteiger partial charge in [0.1, 0.15) is 16.1 Å². The maximum Gasteiger partial charge on any atom is 0.416 e. The van der Waals surface area contributed by atoms with E-state index in [0.29, 0.717) is 18.8 Å². The molecule has 3 aromatic rings. The van der Waals surface area contributed by atoms with Crippen molar-refractivity contribution in [2.75, 3.05) is 6.54 Å².